The van der Waals surface area contributed by atoms with Gasteiger partial charge in [0, 0.05) is 10.9 Å². The Hall–Kier alpha value is -2.81. The van der Waals surface area contributed by atoms with Crippen molar-refractivity contribution in [3.05, 3.63) is 51.4 Å². The number of thiophene rings is 1. The number of hydrogen-bond donors (Lipinski definition) is 1. The SMILES string of the molecule is CCOC(=O)c1c(NC(=O)COC(=O)c2ccc(F)cc2F)sc2c1CCC(C)C2. The van der Waals surface area contributed by atoms with E-state index in [0.29, 0.717) is 22.5 Å². The fraction of sp³-hybridized carbons (Fsp3) is 0.381. The summed E-state index contributed by atoms with van der Waals surface area (Å²) >= 11 is 1.31. The molecule has 9 heteroatoms. The molecule has 0 spiro atoms. The highest BCUT2D eigenvalue weighted by Gasteiger charge is 2.29. The minimum absolute atomic E-state index is 0.202. The minimum Gasteiger partial charge on any atom is -0.462 e. The van der Waals surface area contributed by atoms with Crippen molar-refractivity contribution in [1.29, 1.82) is 0 Å². The van der Waals surface area contributed by atoms with E-state index in [1.54, 1.807) is 6.92 Å². The van der Waals surface area contributed by atoms with Crippen LogP contribution in [0.2, 0.25) is 0 Å². The number of hydrogen-bond acceptors (Lipinski definition) is 6. The second-order valence-corrected chi connectivity index (χ2v) is 8.13. The number of carbonyl (C=O) groups excluding carboxylic acids is 3. The van der Waals surface area contributed by atoms with Crippen molar-refractivity contribution < 1.29 is 32.6 Å². The van der Waals surface area contributed by atoms with E-state index < -0.39 is 41.7 Å². The molecule has 1 amide bonds. The van der Waals surface area contributed by atoms with Crippen LogP contribution in [-0.2, 0) is 27.1 Å². The number of carbonyl (C=O) groups is 3. The smallest absolute Gasteiger partial charge is 0.341 e. The van der Waals surface area contributed by atoms with Crippen molar-refractivity contribution in [3.63, 3.8) is 0 Å². The fourth-order valence-corrected chi connectivity index (χ4v) is 4.70. The Morgan fingerprint density at radius 2 is 1.97 bits per heavy atom. The molecule has 0 bridgehead atoms. The summed E-state index contributed by atoms with van der Waals surface area (Å²) in [5.74, 6) is -3.71. The van der Waals surface area contributed by atoms with Gasteiger partial charge in [0.25, 0.3) is 5.91 Å². The Balaban J connectivity index is 1.71. The predicted octanol–water partition coefficient (Wildman–Crippen LogP) is 4.12. The number of benzene rings is 1. The molecule has 6 nitrogen and oxygen atoms in total. The van der Waals surface area contributed by atoms with Crippen LogP contribution in [0, 0.1) is 17.6 Å². The highest BCUT2D eigenvalue weighted by molar-refractivity contribution is 7.17. The molecular formula is C21H21F2NO5S. The van der Waals surface area contributed by atoms with Gasteiger partial charge in [0.15, 0.2) is 6.61 Å². The van der Waals surface area contributed by atoms with Crippen molar-refractivity contribution in [3.8, 4) is 0 Å². The summed E-state index contributed by atoms with van der Waals surface area (Å²) in [4.78, 5) is 37.7. The lowest BCUT2D eigenvalue weighted by Crippen LogP contribution is -2.22. The summed E-state index contributed by atoms with van der Waals surface area (Å²) in [6.07, 6.45) is 2.46. The van der Waals surface area contributed by atoms with E-state index in [4.69, 9.17) is 9.47 Å². The van der Waals surface area contributed by atoms with Gasteiger partial charge >= 0.3 is 11.9 Å². The average molecular weight is 437 g/mol. The zero-order valence-corrected chi connectivity index (χ0v) is 17.4. The Bertz CT molecular complexity index is 988. The van der Waals surface area contributed by atoms with E-state index in [1.807, 2.05) is 0 Å². The molecule has 1 aromatic heterocycles. The standard InChI is InChI=1S/C21H21F2NO5S/c1-3-28-21(27)18-14-6-4-11(2)8-16(14)30-19(18)24-17(25)10-29-20(26)13-7-5-12(22)9-15(13)23/h5,7,9,11H,3-4,6,8,10H2,1-2H3,(H,24,25). The topological polar surface area (TPSA) is 81.7 Å². The van der Waals surface area contributed by atoms with Crippen molar-refractivity contribution in [1.82, 2.24) is 0 Å². The Kier molecular flexibility index (Phi) is 6.81. The molecule has 160 valence electrons. The normalized spacial score (nSPS) is 15.3. The van der Waals surface area contributed by atoms with Gasteiger partial charge in [-0.1, -0.05) is 6.92 Å². The van der Waals surface area contributed by atoms with E-state index in [1.165, 1.54) is 11.3 Å². The van der Waals surface area contributed by atoms with Crippen LogP contribution in [0.5, 0.6) is 0 Å². The van der Waals surface area contributed by atoms with Crippen LogP contribution >= 0.6 is 11.3 Å². The van der Waals surface area contributed by atoms with E-state index in [2.05, 4.69) is 12.2 Å². The first-order chi connectivity index (χ1) is 14.3. The first kappa shape index (κ1) is 21.9. The summed E-state index contributed by atoms with van der Waals surface area (Å²) < 4.78 is 36.6. The molecule has 0 saturated carbocycles. The fourth-order valence-electron chi connectivity index (χ4n) is 3.28. The van der Waals surface area contributed by atoms with Gasteiger partial charge in [-0.2, -0.15) is 0 Å². The summed E-state index contributed by atoms with van der Waals surface area (Å²) in [5, 5.41) is 2.95. The van der Waals surface area contributed by atoms with Crippen molar-refractivity contribution in [2.75, 3.05) is 18.5 Å². The molecule has 0 fully saturated rings. The number of rotatable bonds is 6. The monoisotopic (exact) mass is 437 g/mol. The third kappa shape index (κ3) is 4.84. The van der Waals surface area contributed by atoms with E-state index >= 15 is 0 Å². The van der Waals surface area contributed by atoms with Crippen molar-refractivity contribution in [2.24, 2.45) is 5.92 Å². The van der Waals surface area contributed by atoms with E-state index in [-0.39, 0.29) is 6.61 Å². The van der Waals surface area contributed by atoms with Gasteiger partial charge in [-0.25, -0.2) is 18.4 Å². The predicted molar refractivity (Wildman–Crippen MR) is 107 cm³/mol. The third-order valence-corrected chi connectivity index (χ3v) is 5.90. The third-order valence-electron chi connectivity index (χ3n) is 4.73. The lowest BCUT2D eigenvalue weighted by Gasteiger charge is -2.18. The molecule has 1 aromatic carbocycles. The van der Waals surface area contributed by atoms with E-state index in [0.717, 1.165) is 41.8 Å². The molecule has 3 rings (SSSR count). The molecule has 1 unspecified atom stereocenters. The molecule has 0 saturated heterocycles. The molecule has 1 aliphatic rings. The number of esters is 2. The zero-order valence-electron chi connectivity index (χ0n) is 16.6. The van der Waals surface area contributed by atoms with Crippen LogP contribution in [0.1, 0.15) is 51.4 Å². The number of amides is 1. The highest BCUT2D eigenvalue weighted by atomic mass is 32.1. The number of anilines is 1. The summed E-state index contributed by atoms with van der Waals surface area (Å²) in [6, 6.07) is 2.42. The highest BCUT2D eigenvalue weighted by Crippen LogP contribution is 2.40. The molecule has 1 atom stereocenters. The Labute approximate surface area is 176 Å². The average Bonchev–Trinajstić information content (AvgIpc) is 3.03. The maximum Gasteiger partial charge on any atom is 0.341 e. The molecular weight excluding hydrogens is 416 g/mol. The quantitative estimate of drug-likeness (QED) is 0.688. The number of fused-ring (bicyclic) bond motifs is 1. The summed E-state index contributed by atoms with van der Waals surface area (Å²) in [7, 11) is 0. The number of halogens is 2. The van der Waals surface area contributed by atoms with E-state index in [9.17, 15) is 23.2 Å². The Morgan fingerprint density at radius 3 is 2.67 bits per heavy atom. The molecule has 1 N–H and O–H groups in total. The van der Waals surface area contributed by atoms with Crippen LogP contribution in [0.15, 0.2) is 18.2 Å². The zero-order chi connectivity index (χ0) is 21.8. The Morgan fingerprint density at radius 1 is 1.20 bits per heavy atom. The van der Waals surface area contributed by atoms with Crippen molar-refractivity contribution in [2.45, 2.75) is 33.1 Å². The largest absolute Gasteiger partial charge is 0.462 e. The van der Waals surface area contributed by atoms with Gasteiger partial charge in [0.05, 0.1) is 17.7 Å². The van der Waals surface area contributed by atoms with Crippen molar-refractivity contribution >= 4 is 34.2 Å². The molecule has 0 radical (unpaired) electrons. The maximum absolute atomic E-state index is 13.7. The second-order valence-electron chi connectivity index (χ2n) is 7.02. The molecule has 1 heterocycles. The van der Waals surface area contributed by atoms with Crippen LogP contribution in [-0.4, -0.2) is 31.1 Å². The van der Waals surface area contributed by atoms with Gasteiger partial charge in [-0.05, 0) is 49.8 Å². The maximum atomic E-state index is 13.7. The molecule has 30 heavy (non-hydrogen) atoms. The minimum atomic E-state index is -1.09. The first-order valence-corrected chi connectivity index (χ1v) is 10.4. The first-order valence-electron chi connectivity index (χ1n) is 9.53. The molecule has 2 aromatic rings. The van der Waals surface area contributed by atoms with Crippen LogP contribution in [0.4, 0.5) is 13.8 Å². The van der Waals surface area contributed by atoms with Crippen LogP contribution in [0.3, 0.4) is 0 Å². The van der Waals surface area contributed by atoms with Gasteiger partial charge < -0.3 is 14.8 Å². The lowest BCUT2D eigenvalue weighted by atomic mass is 9.88. The van der Waals surface area contributed by atoms with Crippen LogP contribution < -0.4 is 5.32 Å². The molecule has 1 aliphatic carbocycles. The summed E-state index contributed by atoms with van der Waals surface area (Å²) in [5.41, 5.74) is 0.752. The summed E-state index contributed by atoms with van der Waals surface area (Å²) in [6.45, 7) is 3.34. The molecule has 0 aliphatic heterocycles. The van der Waals surface area contributed by atoms with Gasteiger partial charge in [-0.3, -0.25) is 4.79 Å². The lowest BCUT2D eigenvalue weighted by molar-refractivity contribution is -0.119. The number of nitrogens with one attached hydrogen (secondary N) is 1. The number of ether oxygens (including phenoxy) is 2. The van der Waals surface area contributed by atoms with Gasteiger partial charge in [-0.15, -0.1) is 11.3 Å². The van der Waals surface area contributed by atoms with Gasteiger partial charge in [0.1, 0.15) is 16.6 Å². The van der Waals surface area contributed by atoms with Gasteiger partial charge in [0.2, 0.25) is 0 Å². The van der Waals surface area contributed by atoms with Crippen LogP contribution in [0.25, 0.3) is 0 Å². The second kappa shape index (κ2) is 9.34.